The lowest BCUT2D eigenvalue weighted by Gasteiger charge is -2.03. The van der Waals surface area contributed by atoms with Crippen molar-refractivity contribution in [2.45, 2.75) is 13.0 Å². The molecule has 0 spiro atoms. The Hall–Kier alpha value is -3.20. The minimum Gasteiger partial charge on any atom is -0.350 e. The highest BCUT2D eigenvalue weighted by atomic mass is 32.1. The molecule has 0 aliphatic heterocycles. The molecule has 3 aromatic rings. The number of anilines is 1. The molecule has 0 aliphatic carbocycles. The molecule has 8 nitrogen and oxygen atoms in total. The SMILES string of the molecule is O=C(Cc1csc(NC(=O)c2ncccn2)n1)NCc1ccccn1. The van der Waals surface area contributed by atoms with Gasteiger partial charge < -0.3 is 5.32 Å². The van der Waals surface area contributed by atoms with Crippen LogP contribution in [-0.2, 0) is 17.8 Å². The molecule has 0 unspecified atom stereocenters. The van der Waals surface area contributed by atoms with E-state index in [-0.39, 0.29) is 18.2 Å². The molecule has 2 amide bonds. The van der Waals surface area contributed by atoms with Crippen LogP contribution in [0.5, 0.6) is 0 Å². The van der Waals surface area contributed by atoms with Crippen molar-refractivity contribution in [2.75, 3.05) is 5.32 Å². The summed E-state index contributed by atoms with van der Waals surface area (Å²) in [6.45, 7) is 0.360. The van der Waals surface area contributed by atoms with Crippen LogP contribution in [-0.4, -0.2) is 31.8 Å². The number of hydrogen-bond donors (Lipinski definition) is 2. The van der Waals surface area contributed by atoms with Gasteiger partial charge in [-0.2, -0.15) is 0 Å². The second-order valence-electron chi connectivity index (χ2n) is 4.95. The molecule has 3 aromatic heterocycles. The Balaban J connectivity index is 1.51. The zero-order valence-corrected chi connectivity index (χ0v) is 13.9. The molecule has 2 N–H and O–H groups in total. The lowest BCUT2D eigenvalue weighted by Crippen LogP contribution is -2.25. The molecule has 126 valence electrons. The number of amides is 2. The van der Waals surface area contributed by atoms with Gasteiger partial charge in [0.25, 0.3) is 5.91 Å². The van der Waals surface area contributed by atoms with Crippen LogP contribution >= 0.6 is 11.3 Å². The van der Waals surface area contributed by atoms with Crippen LogP contribution in [0.2, 0.25) is 0 Å². The van der Waals surface area contributed by atoms with E-state index >= 15 is 0 Å². The minimum absolute atomic E-state index is 0.0624. The Kier molecular flexibility index (Phi) is 5.37. The number of rotatable bonds is 6. The van der Waals surface area contributed by atoms with Gasteiger partial charge in [-0.25, -0.2) is 15.0 Å². The maximum Gasteiger partial charge on any atom is 0.295 e. The van der Waals surface area contributed by atoms with E-state index in [1.807, 2.05) is 18.2 Å². The summed E-state index contributed by atoms with van der Waals surface area (Å²) in [5, 5.41) is 7.51. The fourth-order valence-electron chi connectivity index (χ4n) is 1.93. The number of carbonyl (C=O) groups is 2. The maximum absolute atomic E-state index is 12.0. The quantitative estimate of drug-likeness (QED) is 0.693. The fourth-order valence-corrected chi connectivity index (χ4v) is 2.64. The Labute approximate surface area is 147 Å². The lowest BCUT2D eigenvalue weighted by atomic mass is 10.3. The first-order chi connectivity index (χ1) is 12.2. The molecule has 3 heterocycles. The van der Waals surface area contributed by atoms with Crippen LogP contribution in [0.4, 0.5) is 5.13 Å². The van der Waals surface area contributed by atoms with E-state index in [0.29, 0.717) is 17.4 Å². The average Bonchev–Trinajstić information content (AvgIpc) is 3.08. The zero-order chi connectivity index (χ0) is 17.5. The van der Waals surface area contributed by atoms with Crippen LogP contribution in [0.3, 0.4) is 0 Å². The van der Waals surface area contributed by atoms with Crippen LogP contribution in [0.25, 0.3) is 0 Å². The molecule has 0 saturated heterocycles. The molecular formula is C16H14N6O2S. The summed E-state index contributed by atoms with van der Waals surface area (Å²) in [6, 6.07) is 7.14. The molecule has 0 aromatic carbocycles. The Morgan fingerprint density at radius 2 is 1.80 bits per heavy atom. The number of hydrogen-bond acceptors (Lipinski definition) is 7. The predicted octanol–water partition coefficient (Wildman–Crippen LogP) is 1.44. The summed E-state index contributed by atoms with van der Waals surface area (Å²) in [6.07, 6.45) is 4.77. The summed E-state index contributed by atoms with van der Waals surface area (Å²) in [5.74, 6) is -0.548. The Bertz CT molecular complexity index is 853. The fraction of sp³-hybridized carbons (Fsp3) is 0.125. The van der Waals surface area contributed by atoms with E-state index in [9.17, 15) is 9.59 Å². The summed E-state index contributed by atoms with van der Waals surface area (Å²) < 4.78 is 0. The number of aromatic nitrogens is 4. The third-order valence-corrected chi connectivity index (χ3v) is 3.88. The highest BCUT2D eigenvalue weighted by Gasteiger charge is 2.12. The van der Waals surface area contributed by atoms with Crippen molar-refractivity contribution < 1.29 is 9.59 Å². The van der Waals surface area contributed by atoms with E-state index in [1.165, 1.54) is 23.7 Å². The monoisotopic (exact) mass is 354 g/mol. The average molecular weight is 354 g/mol. The van der Waals surface area contributed by atoms with E-state index < -0.39 is 5.91 Å². The first-order valence-corrected chi connectivity index (χ1v) is 8.28. The molecule has 0 fully saturated rings. The van der Waals surface area contributed by atoms with Crippen LogP contribution in [0.1, 0.15) is 22.0 Å². The zero-order valence-electron chi connectivity index (χ0n) is 13.0. The largest absolute Gasteiger partial charge is 0.350 e. The maximum atomic E-state index is 12.0. The van der Waals surface area contributed by atoms with Crippen molar-refractivity contribution in [1.82, 2.24) is 25.3 Å². The molecule has 9 heteroatoms. The van der Waals surface area contributed by atoms with E-state index in [2.05, 4.69) is 30.6 Å². The molecule has 0 radical (unpaired) electrons. The second-order valence-corrected chi connectivity index (χ2v) is 5.80. The van der Waals surface area contributed by atoms with Crippen molar-refractivity contribution in [3.8, 4) is 0 Å². The van der Waals surface area contributed by atoms with Gasteiger partial charge in [0, 0.05) is 24.0 Å². The van der Waals surface area contributed by atoms with Crippen molar-refractivity contribution in [3.05, 3.63) is 65.4 Å². The van der Waals surface area contributed by atoms with Gasteiger partial charge in [0.1, 0.15) is 0 Å². The minimum atomic E-state index is -0.443. The molecule has 25 heavy (non-hydrogen) atoms. The van der Waals surface area contributed by atoms with E-state index in [0.717, 1.165) is 5.69 Å². The second kappa shape index (κ2) is 8.06. The van der Waals surface area contributed by atoms with Crippen LogP contribution in [0.15, 0.2) is 48.2 Å². The smallest absolute Gasteiger partial charge is 0.295 e. The van der Waals surface area contributed by atoms with Gasteiger partial charge in [-0.1, -0.05) is 6.07 Å². The molecule has 0 saturated carbocycles. The Morgan fingerprint density at radius 1 is 1.00 bits per heavy atom. The number of pyridine rings is 1. The van der Waals surface area contributed by atoms with Crippen molar-refractivity contribution in [1.29, 1.82) is 0 Å². The predicted molar refractivity (Wildman–Crippen MR) is 91.9 cm³/mol. The number of thiazole rings is 1. The summed E-state index contributed by atoms with van der Waals surface area (Å²) in [7, 11) is 0. The van der Waals surface area contributed by atoms with Gasteiger partial charge in [-0.3, -0.25) is 19.9 Å². The molecule has 0 aliphatic rings. The highest BCUT2D eigenvalue weighted by Crippen LogP contribution is 2.16. The number of carbonyl (C=O) groups excluding carboxylic acids is 2. The topological polar surface area (TPSA) is 110 Å². The normalized spacial score (nSPS) is 10.2. The standard InChI is InChI=1S/C16H14N6O2S/c23-13(20-9-11-4-1-2-5-17-11)8-12-10-25-16(21-12)22-15(24)14-18-6-3-7-19-14/h1-7,10H,8-9H2,(H,20,23)(H,21,22,24). The van der Waals surface area contributed by atoms with Gasteiger partial charge in [0.15, 0.2) is 5.13 Å². The molecule has 3 rings (SSSR count). The summed E-state index contributed by atoms with van der Waals surface area (Å²) >= 11 is 1.24. The third kappa shape index (κ3) is 4.88. The summed E-state index contributed by atoms with van der Waals surface area (Å²) in [4.78, 5) is 40.0. The van der Waals surface area contributed by atoms with Gasteiger partial charge in [-0.05, 0) is 18.2 Å². The van der Waals surface area contributed by atoms with Gasteiger partial charge >= 0.3 is 0 Å². The van der Waals surface area contributed by atoms with Crippen molar-refractivity contribution in [2.24, 2.45) is 0 Å². The van der Waals surface area contributed by atoms with Gasteiger partial charge in [-0.15, -0.1) is 11.3 Å². The van der Waals surface area contributed by atoms with E-state index in [4.69, 9.17) is 0 Å². The first kappa shape index (κ1) is 16.7. The lowest BCUT2D eigenvalue weighted by molar-refractivity contribution is -0.120. The van der Waals surface area contributed by atoms with Gasteiger partial charge in [0.05, 0.1) is 24.4 Å². The molecule has 0 bridgehead atoms. The van der Waals surface area contributed by atoms with Crippen LogP contribution in [0, 0.1) is 0 Å². The van der Waals surface area contributed by atoms with E-state index in [1.54, 1.807) is 17.6 Å². The van der Waals surface area contributed by atoms with Crippen molar-refractivity contribution in [3.63, 3.8) is 0 Å². The number of nitrogens with zero attached hydrogens (tertiary/aromatic N) is 4. The third-order valence-electron chi connectivity index (χ3n) is 3.08. The Morgan fingerprint density at radius 3 is 2.56 bits per heavy atom. The van der Waals surface area contributed by atoms with Crippen LogP contribution < -0.4 is 10.6 Å². The summed E-state index contributed by atoms with van der Waals surface area (Å²) in [5.41, 5.74) is 1.36. The number of nitrogens with one attached hydrogen (secondary N) is 2. The molecule has 0 atom stereocenters. The van der Waals surface area contributed by atoms with Gasteiger partial charge in [0.2, 0.25) is 11.7 Å². The van der Waals surface area contributed by atoms with Crippen molar-refractivity contribution >= 4 is 28.3 Å². The molecular weight excluding hydrogens is 340 g/mol. The highest BCUT2D eigenvalue weighted by molar-refractivity contribution is 7.14. The first-order valence-electron chi connectivity index (χ1n) is 7.40.